The molecule has 32 heavy (non-hydrogen) atoms. The van der Waals surface area contributed by atoms with Crippen LogP contribution in [0.1, 0.15) is 42.2 Å². The van der Waals surface area contributed by atoms with E-state index in [0.717, 1.165) is 36.9 Å². The van der Waals surface area contributed by atoms with Crippen molar-refractivity contribution in [1.82, 2.24) is 19.5 Å². The fraction of sp³-hybridized carbons (Fsp3) is 0.208. The Morgan fingerprint density at radius 2 is 1.78 bits per heavy atom. The van der Waals surface area contributed by atoms with E-state index in [-0.39, 0.29) is 23.2 Å². The molecule has 5 rings (SSSR count). The Kier molecular flexibility index (Phi) is 5.26. The summed E-state index contributed by atoms with van der Waals surface area (Å²) < 4.78 is 29.5. The van der Waals surface area contributed by atoms with Crippen LogP contribution in [0.3, 0.4) is 0 Å². The molecule has 1 aliphatic carbocycles. The molecule has 1 amide bonds. The van der Waals surface area contributed by atoms with Crippen LogP contribution in [0.4, 0.5) is 14.5 Å². The van der Waals surface area contributed by atoms with Crippen molar-refractivity contribution in [3.63, 3.8) is 0 Å². The maximum atomic E-state index is 13.9. The lowest BCUT2D eigenvalue weighted by molar-refractivity contribution is 0.102. The Balaban J connectivity index is 1.52. The smallest absolute Gasteiger partial charge is 0.273 e. The second kappa shape index (κ2) is 8.37. The first-order valence-electron chi connectivity index (χ1n) is 10.5. The van der Waals surface area contributed by atoms with Gasteiger partial charge in [0.25, 0.3) is 5.91 Å². The van der Waals surface area contributed by atoms with Crippen molar-refractivity contribution in [2.24, 2.45) is 0 Å². The molecule has 0 unspecified atom stereocenters. The van der Waals surface area contributed by atoms with Crippen LogP contribution in [0.25, 0.3) is 22.8 Å². The van der Waals surface area contributed by atoms with Gasteiger partial charge in [-0.2, -0.15) is 0 Å². The highest BCUT2D eigenvalue weighted by molar-refractivity contribution is 6.03. The summed E-state index contributed by atoms with van der Waals surface area (Å²) in [6.45, 7) is 0. The third kappa shape index (κ3) is 3.79. The number of benzene rings is 2. The van der Waals surface area contributed by atoms with Crippen molar-refractivity contribution in [3.05, 3.63) is 78.4 Å². The van der Waals surface area contributed by atoms with E-state index in [0.29, 0.717) is 11.5 Å². The quantitative estimate of drug-likeness (QED) is 0.431. The Morgan fingerprint density at radius 1 is 1.03 bits per heavy atom. The average Bonchev–Trinajstić information content (AvgIpc) is 3.55. The Bertz CT molecular complexity index is 1260. The van der Waals surface area contributed by atoms with Crippen LogP contribution in [-0.4, -0.2) is 25.4 Å². The predicted molar refractivity (Wildman–Crippen MR) is 117 cm³/mol. The van der Waals surface area contributed by atoms with Gasteiger partial charge in [0, 0.05) is 11.6 Å². The van der Waals surface area contributed by atoms with Gasteiger partial charge in [0.2, 0.25) is 0 Å². The zero-order valence-electron chi connectivity index (χ0n) is 17.2. The normalized spacial score (nSPS) is 14.1. The Labute approximate surface area is 183 Å². The number of imidazole rings is 2. The molecule has 2 aromatic carbocycles. The van der Waals surface area contributed by atoms with E-state index < -0.39 is 11.7 Å². The maximum absolute atomic E-state index is 13.9. The van der Waals surface area contributed by atoms with Crippen molar-refractivity contribution in [2.45, 2.75) is 31.7 Å². The minimum Gasteiger partial charge on any atom is -0.333 e. The zero-order valence-corrected chi connectivity index (χ0v) is 17.2. The topological polar surface area (TPSA) is 75.6 Å². The average molecular weight is 433 g/mol. The first kappa shape index (κ1) is 20.1. The number of H-pyrrole nitrogens is 1. The number of rotatable bonds is 5. The fourth-order valence-corrected chi connectivity index (χ4v) is 4.18. The van der Waals surface area contributed by atoms with E-state index in [1.54, 1.807) is 30.6 Å². The van der Waals surface area contributed by atoms with Crippen molar-refractivity contribution in [1.29, 1.82) is 0 Å². The molecule has 1 saturated carbocycles. The lowest BCUT2D eigenvalue weighted by Crippen LogP contribution is -2.13. The minimum absolute atomic E-state index is 0.0941. The summed E-state index contributed by atoms with van der Waals surface area (Å²) in [4.78, 5) is 24.8. The standard InChI is InChI=1S/C24H21F2N5O/c25-16-11-9-15(10-12-16)21-22(31(14-28-21)17-5-1-2-6-17)23-27-13-20(29-23)24(32)30-19-8-4-3-7-18(19)26/h3-4,7-14,17H,1-2,5-6H2,(H,27,29)(H,30,32). The summed E-state index contributed by atoms with van der Waals surface area (Å²) in [7, 11) is 0. The van der Waals surface area contributed by atoms with Gasteiger partial charge in [-0.3, -0.25) is 4.79 Å². The number of aromatic nitrogens is 4. The molecule has 0 spiro atoms. The number of hydrogen-bond donors (Lipinski definition) is 2. The van der Waals surface area contributed by atoms with Crippen LogP contribution in [-0.2, 0) is 0 Å². The first-order valence-corrected chi connectivity index (χ1v) is 10.5. The number of nitrogens with zero attached hydrogens (tertiary/aromatic N) is 3. The lowest BCUT2D eigenvalue weighted by Gasteiger charge is -2.15. The molecule has 6 nitrogen and oxygen atoms in total. The van der Waals surface area contributed by atoms with Crippen molar-refractivity contribution >= 4 is 11.6 Å². The summed E-state index contributed by atoms with van der Waals surface area (Å²) in [5.41, 5.74) is 2.46. The number of para-hydroxylation sites is 1. The lowest BCUT2D eigenvalue weighted by atomic mass is 10.1. The summed E-state index contributed by atoms with van der Waals surface area (Å²) in [5.74, 6) is -0.856. The molecule has 1 fully saturated rings. The molecule has 0 saturated heterocycles. The van der Waals surface area contributed by atoms with E-state index in [2.05, 4.69) is 24.8 Å². The van der Waals surface area contributed by atoms with E-state index >= 15 is 0 Å². The molecule has 8 heteroatoms. The number of halogens is 2. The Morgan fingerprint density at radius 3 is 2.53 bits per heavy atom. The summed E-state index contributed by atoms with van der Waals surface area (Å²) in [6.07, 6.45) is 7.56. The van der Waals surface area contributed by atoms with Gasteiger partial charge in [-0.1, -0.05) is 25.0 Å². The van der Waals surface area contributed by atoms with Gasteiger partial charge in [-0.05, 0) is 49.2 Å². The fourth-order valence-electron chi connectivity index (χ4n) is 4.18. The molecule has 1 aliphatic rings. The zero-order chi connectivity index (χ0) is 22.1. The highest BCUT2D eigenvalue weighted by Crippen LogP contribution is 2.37. The second-order valence-electron chi connectivity index (χ2n) is 7.87. The summed E-state index contributed by atoms with van der Waals surface area (Å²) in [5, 5.41) is 2.56. The van der Waals surface area contributed by atoms with Crippen LogP contribution in [0, 0.1) is 11.6 Å². The molecule has 162 valence electrons. The van der Waals surface area contributed by atoms with E-state index in [1.165, 1.54) is 30.5 Å². The van der Waals surface area contributed by atoms with Crippen LogP contribution in [0.2, 0.25) is 0 Å². The molecular weight excluding hydrogens is 412 g/mol. The number of hydrogen-bond acceptors (Lipinski definition) is 3. The van der Waals surface area contributed by atoms with Crippen LogP contribution >= 0.6 is 0 Å². The number of amides is 1. The van der Waals surface area contributed by atoms with Gasteiger partial charge >= 0.3 is 0 Å². The molecule has 2 aromatic heterocycles. The predicted octanol–water partition coefficient (Wildman–Crippen LogP) is 5.59. The van der Waals surface area contributed by atoms with Gasteiger partial charge in [0.1, 0.15) is 23.0 Å². The third-order valence-electron chi connectivity index (χ3n) is 5.80. The number of carbonyl (C=O) groups is 1. The largest absolute Gasteiger partial charge is 0.333 e. The SMILES string of the molecule is O=C(Nc1ccccc1F)c1cnc(-c2c(-c3ccc(F)cc3)ncn2C2CCCC2)[nH]1. The van der Waals surface area contributed by atoms with Crippen molar-refractivity contribution in [2.75, 3.05) is 5.32 Å². The van der Waals surface area contributed by atoms with E-state index in [9.17, 15) is 13.6 Å². The van der Waals surface area contributed by atoms with Gasteiger partial charge in [0.05, 0.1) is 23.9 Å². The number of carbonyl (C=O) groups excluding carboxylic acids is 1. The number of nitrogens with one attached hydrogen (secondary N) is 2. The Hall–Kier alpha value is -3.81. The van der Waals surface area contributed by atoms with E-state index in [1.807, 2.05) is 0 Å². The van der Waals surface area contributed by atoms with Crippen LogP contribution < -0.4 is 5.32 Å². The summed E-state index contributed by atoms with van der Waals surface area (Å²) in [6, 6.07) is 12.4. The molecule has 0 bridgehead atoms. The molecule has 2 N–H and O–H groups in total. The molecule has 0 aliphatic heterocycles. The van der Waals surface area contributed by atoms with Crippen LogP contribution in [0.15, 0.2) is 61.1 Å². The van der Waals surface area contributed by atoms with Crippen molar-refractivity contribution < 1.29 is 13.6 Å². The van der Waals surface area contributed by atoms with Crippen LogP contribution in [0.5, 0.6) is 0 Å². The van der Waals surface area contributed by atoms with Gasteiger partial charge in [-0.15, -0.1) is 0 Å². The monoisotopic (exact) mass is 433 g/mol. The number of aromatic amines is 1. The maximum Gasteiger partial charge on any atom is 0.273 e. The summed E-state index contributed by atoms with van der Waals surface area (Å²) >= 11 is 0. The highest BCUT2D eigenvalue weighted by Gasteiger charge is 2.25. The van der Waals surface area contributed by atoms with E-state index in [4.69, 9.17) is 0 Å². The molecular formula is C24H21F2N5O. The van der Waals surface area contributed by atoms with Gasteiger partial charge < -0.3 is 14.9 Å². The van der Waals surface area contributed by atoms with Gasteiger partial charge in [-0.25, -0.2) is 18.7 Å². The minimum atomic E-state index is -0.515. The molecule has 2 heterocycles. The van der Waals surface area contributed by atoms with Gasteiger partial charge in [0.15, 0.2) is 5.82 Å². The third-order valence-corrected chi connectivity index (χ3v) is 5.80. The second-order valence-corrected chi connectivity index (χ2v) is 7.87. The molecule has 0 radical (unpaired) electrons. The first-order chi connectivity index (χ1) is 15.6. The molecule has 0 atom stereocenters. The molecule has 4 aromatic rings. The number of anilines is 1. The highest BCUT2D eigenvalue weighted by atomic mass is 19.1. The van der Waals surface area contributed by atoms with Crippen molar-refractivity contribution in [3.8, 4) is 22.8 Å².